The van der Waals surface area contributed by atoms with E-state index in [9.17, 15) is 9.59 Å². The molecule has 1 aromatic heterocycles. The zero-order chi connectivity index (χ0) is 22.3. The molecule has 1 fully saturated rings. The highest BCUT2D eigenvalue weighted by Crippen LogP contribution is 2.27. The van der Waals surface area contributed by atoms with Crippen LogP contribution < -0.4 is 0 Å². The number of amides is 2. The summed E-state index contributed by atoms with van der Waals surface area (Å²) in [5.41, 5.74) is 3.94. The monoisotopic (exact) mass is 425 g/mol. The van der Waals surface area contributed by atoms with Gasteiger partial charge in [-0.25, -0.2) is 0 Å². The van der Waals surface area contributed by atoms with E-state index in [1.807, 2.05) is 35.2 Å². The van der Waals surface area contributed by atoms with Crippen LogP contribution in [-0.4, -0.2) is 52.8 Å². The zero-order valence-electron chi connectivity index (χ0n) is 18.1. The van der Waals surface area contributed by atoms with Crippen LogP contribution in [0.4, 0.5) is 0 Å². The van der Waals surface area contributed by atoms with Crippen molar-refractivity contribution in [2.45, 2.75) is 6.42 Å². The molecule has 5 nitrogen and oxygen atoms in total. The Morgan fingerprint density at radius 1 is 1.00 bits per heavy atom. The van der Waals surface area contributed by atoms with Gasteiger partial charge in [0.25, 0.3) is 5.91 Å². The summed E-state index contributed by atoms with van der Waals surface area (Å²) in [5, 5.41) is 0. The first-order valence-corrected chi connectivity index (χ1v) is 10.9. The number of carbonyl (C=O) groups is 2. The van der Waals surface area contributed by atoms with Gasteiger partial charge in [0, 0.05) is 44.1 Å². The van der Waals surface area contributed by atoms with Crippen LogP contribution in [0.5, 0.6) is 0 Å². The van der Waals surface area contributed by atoms with Crippen LogP contribution in [0.15, 0.2) is 91.8 Å². The molecular formula is C27H27N3O2. The number of hydrogen-bond acceptors (Lipinski definition) is 3. The number of aromatic nitrogens is 1. The maximum atomic E-state index is 13.4. The molecule has 3 aromatic rings. The van der Waals surface area contributed by atoms with E-state index in [-0.39, 0.29) is 17.7 Å². The average Bonchev–Trinajstić information content (AvgIpc) is 3.00. The largest absolute Gasteiger partial charge is 0.337 e. The van der Waals surface area contributed by atoms with Gasteiger partial charge in [0.2, 0.25) is 5.91 Å². The highest BCUT2D eigenvalue weighted by Gasteiger charge is 2.32. The van der Waals surface area contributed by atoms with Crippen molar-refractivity contribution in [1.82, 2.24) is 14.8 Å². The van der Waals surface area contributed by atoms with Gasteiger partial charge in [0.1, 0.15) is 0 Å². The fourth-order valence-corrected chi connectivity index (χ4v) is 4.26. The Morgan fingerprint density at radius 2 is 1.72 bits per heavy atom. The first-order chi connectivity index (χ1) is 15.7. The van der Waals surface area contributed by atoms with Crippen LogP contribution in [0.2, 0.25) is 0 Å². The lowest BCUT2D eigenvalue weighted by Gasteiger charge is -2.24. The normalized spacial score (nSPS) is 16.5. The fourth-order valence-electron chi connectivity index (χ4n) is 4.26. The third kappa shape index (κ3) is 4.78. The van der Waals surface area contributed by atoms with Crippen molar-refractivity contribution in [3.8, 4) is 11.1 Å². The van der Waals surface area contributed by atoms with Crippen molar-refractivity contribution >= 4 is 11.8 Å². The number of benzene rings is 2. The molecule has 1 atom stereocenters. The van der Waals surface area contributed by atoms with Gasteiger partial charge in [0.05, 0.1) is 5.92 Å². The van der Waals surface area contributed by atoms with Crippen LogP contribution in [-0.2, 0) is 11.2 Å². The van der Waals surface area contributed by atoms with E-state index >= 15 is 0 Å². The van der Waals surface area contributed by atoms with Gasteiger partial charge in [0.15, 0.2) is 0 Å². The van der Waals surface area contributed by atoms with Crippen LogP contribution in [0.1, 0.15) is 15.9 Å². The molecule has 1 aliphatic heterocycles. The summed E-state index contributed by atoms with van der Waals surface area (Å²) >= 11 is 0. The standard InChI is InChI=1S/C27H27N3O2/c1-2-16-29-17-18-30(26(31)22-12-14-28-15-13-22)20-24(27(29)32)19-23-10-6-7-11-25(23)21-8-4-3-5-9-21/h2-15,24H,1,16-20H2/t24-/m0/s1. The molecule has 1 aliphatic rings. The Hall–Kier alpha value is -3.73. The number of nitrogens with zero attached hydrogens (tertiary/aromatic N) is 3. The molecule has 2 amide bonds. The SMILES string of the molecule is C=CCN1CCN(C(=O)c2ccncc2)C[C@H](Cc2ccccc2-c2ccccc2)C1=O. The number of pyridine rings is 1. The second-order valence-electron chi connectivity index (χ2n) is 7.98. The smallest absolute Gasteiger partial charge is 0.254 e. The third-order valence-corrected chi connectivity index (χ3v) is 5.87. The Labute approximate surface area is 189 Å². The summed E-state index contributed by atoms with van der Waals surface area (Å²) in [6, 6.07) is 21.8. The highest BCUT2D eigenvalue weighted by atomic mass is 16.2. The Morgan fingerprint density at radius 3 is 2.47 bits per heavy atom. The van der Waals surface area contributed by atoms with Crippen molar-refractivity contribution in [3.05, 3.63) is 103 Å². The van der Waals surface area contributed by atoms with Crippen LogP contribution in [0.25, 0.3) is 11.1 Å². The minimum absolute atomic E-state index is 0.0674. The Bertz CT molecular complexity index is 1080. The summed E-state index contributed by atoms with van der Waals surface area (Å²) in [7, 11) is 0. The molecule has 2 heterocycles. The first kappa shape index (κ1) is 21.5. The molecule has 0 aliphatic carbocycles. The zero-order valence-corrected chi connectivity index (χ0v) is 18.1. The van der Waals surface area contributed by atoms with Gasteiger partial charge >= 0.3 is 0 Å². The first-order valence-electron chi connectivity index (χ1n) is 10.9. The topological polar surface area (TPSA) is 53.5 Å². The molecule has 0 spiro atoms. The number of rotatable bonds is 6. The molecule has 0 saturated carbocycles. The van der Waals surface area contributed by atoms with Crippen LogP contribution in [0.3, 0.4) is 0 Å². The van der Waals surface area contributed by atoms with E-state index in [1.54, 1.807) is 35.5 Å². The lowest BCUT2D eigenvalue weighted by molar-refractivity contribution is -0.134. The van der Waals surface area contributed by atoms with E-state index in [0.717, 1.165) is 16.7 Å². The molecule has 1 saturated heterocycles. The van der Waals surface area contributed by atoms with E-state index in [4.69, 9.17) is 0 Å². The van der Waals surface area contributed by atoms with E-state index in [1.165, 1.54) is 0 Å². The van der Waals surface area contributed by atoms with Crippen molar-refractivity contribution in [1.29, 1.82) is 0 Å². The van der Waals surface area contributed by atoms with Gasteiger partial charge in [-0.3, -0.25) is 14.6 Å². The highest BCUT2D eigenvalue weighted by molar-refractivity contribution is 5.94. The van der Waals surface area contributed by atoms with Crippen molar-refractivity contribution in [3.63, 3.8) is 0 Å². The van der Waals surface area contributed by atoms with Gasteiger partial charge in [-0.15, -0.1) is 6.58 Å². The minimum atomic E-state index is -0.326. The summed E-state index contributed by atoms with van der Waals surface area (Å²) in [5.74, 6) is -0.326. The molecule has 0 radical (unpaired) electrons. The van der Waals surface area contributed by atoms with Crippen molar-refractivity contribution in [2.24, 2.45) is 5.92 Å². The lowest BCUT2D eigenvalue weighted by atomic mass is 9.91. The molecule has 0 unspecified atom stereocenters. The molecular weight excluding hydrogens is 398 g/mol. The lowest BCUT2D eigenvalue weighted by Crippen LogP contribution is -2.38. The summed E-state index contributed by atoms with van der Waals surface area (Å²) < 4.78 is 0. The van der Waals surface area contributed by atoms with Gasteiger partial charge in [-0.2, -0.15) is 0 Å². The summed E-state index contributed by atoms with van der Waals surface area (Å²) in [4.78, 5) is 34.2. The van der Waals surface area contributed by atoms with E-state index < -0.39 is 0 Å². The second-order valence-corrected chi connectivity index (χ2v) is 7.98. The van der Waals surface area contributed by atoms with Crippen LogP contribution >= 0.6 is 0 Å². The maximum Gasteiger partial charge on any atom is 0.254 e. The maximum absolute atomic E-state index is 13.4. The Balaban J connectivity index is 1.64. The molecule has 0 N–H and O–H groups in total. The van der Waals surface area contributed by atoms with Gasteiger partial charge in [-0.05, 0) is 35.2 Å². The van der Waals surface area contributed by atoms with Crippen molar-refractivity contribution < 1.29 is 9.59 Å². The van der Waals surface area contributed by atoms with E-state index in [2.05, 4.69) is 35.8 Å². The molecule has 5 heteroatoms. The molecule has 32 heavy (non-hydrogen) atoms. The average molecular weight is 426 g/mol. The summed E-state index contributed by atoms with van der Waals surface area (Å²) in [6.45, 7) is 5.66. The predicted octanol–water partition coefficient (Wildman–Crippen LogP) is 4.08. The number of hydrogen-bond donors (Lipinski definition) is 0. The predicted molar refractivity (Wildman–Crippen MR) is 126 cm³/mol. The minimum Gasteiger partial charge on any atom is -0.337 e. The quantitative estimate of drug-likeness (QED) is 0.559. The van der Waals surface area contributed by atoms with E-state index in [0.29, 0.717) is 38.2 Å². The fraction of sp³-hybridized carbons (Fsp3) is 0.222. The van der Waals surface area contributed by atoms with Crippen molar-refractivity contribution in [2.75, 3.05) is 26.2 Å². The van der Waals surface area contributed by atoms with Crippen LogP contribution in [0, 0.1) is 5.92 Å². The molecule has 162 valence electrons. The van der Waals surface area contributed by atoms with Gasteiger partial charge in [-0.1, -0.05) is 60.7 Å². The molecule has 2 aromatic carbocycles. The second kappa shape index (κ2) is 10.1. The molecule has 0 bridgehead atoms. The van der Waals surface area contributed by atoms with Gasteiger partial charge < -0.3 is 9.80 Å². The third-order valence-electron chi connectivity index (χ3n) is 5.87. The summed E-state index contributed by atoms with van der Waals surface area (Å²) in [6.07, 6.45) is 5.55. The number of carbonyl (C=O) groups excluding carboxylic acids is 2. The Kier molecular flexibility index (Phi) is 6.75. The molecule has 4 rings (SSSR count).